The van der Waals surface area contributed by atoms with Crippen molar-refractivity contribution in [3.63, 3.8) is 0 Å². The molecule has 13 heavy (non-hydrogen) atoms. The lowest BCUT2D eigenvalue weighted by Crippen LogP contribution is -2.48. The standard InChI is InChI=1S/C9H13NO3/c1-2-9(13-8(10)12)6-4-3-5-7(9)11/h1,7,11H,3-6H2,(H2,10,12)/t7-,9+/m0/s1. The minimum absolute atomic E-state index is 0.480. The second-order valence-electron chi connectivity index (χ2n) is 3.22. The fourth-order valence-electron chi connectivity index (χ4n) is 1.62. The van der Waals surface area contributed by atoms with Crippen LogP contribution in [-0.2, 0) is 4.74 Å². The topological polar surface area (TPSA) is 72.5 Å². The van der Waals surface area contributed by atoms with E-state index in [-0.39, 0.29) is 0 Å². The number of rotatable bonds is 1. The van der Waals surface area contributed by atoms with Crippen LogP contribution >= 0.6 is 0 Å². The first kappa shape index (κ1) is 9.87. The Bertz CT molecular complexity index is 246. The number of carbonyl (C=O) groups excluding carboxylic acids is 1. The molecule has 0 spiro atoms. The van der Waals surface area contributed by atoms with Crippen LogP contribution in [0.5, 0.6) is 0 Å². The van der Waals surface area contributed by atoms with Crippen molar-refractivity contribution in [2.75, 3.05) is 0 Å². The highest BCUT2D eigenvalue weighted by Crippen LogP contribution is 2.31. The monoisotopic (exact) mass is 183 g/mol. The number of aliphatic hydroxyl groups is 1. The van der Waals surface area contributed by atoms with E-state index in [1.54, 1.807) is 0 Å². The lowest BCUT2D eigenvalue weighted by Gasteiger charge is -2.35. The van der Waals surface area contributed by atoms with Crippen LogP contribution in [0.4, 0.5) is 4.79 Å². The molecule has 4 heteroatoms. The zero-order chi connectivity index (χ0) is 9.90. The molecular formula is C9H13NO3. The Morgan fingerprint density at radius 2 is 2.38 bits per heavy atom. The van der Waals surface area contributed by atoms with E-state index in [1.807, 2.05) is 0 Å². The molecular weight excluding hydrogens is 170 g/mol. The highest BCUT2D eigenvalue weighted by molar-refractivity contribution is 5.66. The van der Waals surface area contributed by atoms with Gasteiger partial charge in [0.2, 0.25) is 0 Å². The molecule has 4 nitrogen and oxygen atoms in total. The third kappa shape index (κ3) is 1.93. The minimum atomic E-state index is -1.19. The fraction of sp³-hybridized carbons (Fsp3) is 0.667. The van der Waals surface area contributed by atoms with Gasteiger partial charge in [0, 0.05) is 6.42 Å². The molecule has 1 saturated carbocycles. The Hall–Kier alpha value is -1.21. The van der Waals surface area contributed by atoms with Gasteiger partial charge in [0.25, 0.3) is 0 Å². The maximum atomic E-state index is 10.6. The van der Waals surface area contributed by atoms with E-state index in [1.165, 1.54) is 0 Å². The molecule has 0 aromatic carbocycles. The van der Waals surface area contributed by atoms with E-state index < -0.39 is 17.8 Å². The fourth-order valence-corrected chi connectivity index (χ4v) is 1.62. The Kier molecular flexibility index (Phi) is 2.79. The van der Waals surface area contributed by atoms with Crippen molar-refractivity contribution in [1.29, 1.82) is 0 Å². The van der Waals surface area contributed by atoms with Gasteiger partial charge in [-0.15, -0.1) is 6.42 Å². The smallest absolute Gasteiger partial charge is 0.406 e. The maximum Gasteiger partial charge on any atom is 0.406 e. The van der Waals surface area contributed by atoms with Gasteiger partial charge in [-0.25, -0.2) is 4.79 Å². The molecule has 0 heterocycles. The van der Waals surface area contributed by atoms with Crippen LogP contribution in [0.25, 0.3) is 0 Å². The third-order valence-electron chi connectivity index (χ3n) is 2.34. The molecule has 1 aliphatic rings. The SMILES string of the molecule is C#C[C@@]1(OC(N)=O)CCCC[C@@H]1O. The molecule has 0 radical (unpaired) electrons. The highest BCUT2D eigenvalue weighted by atomic mass is 16.6. The number of amides is 1. The van der Waals surface area contributed by atoms with Crippen LogP contribution in [0.2, 0.25) is 0 Å². The van der Waals surface area contributed by atoms with E-state index in [4.69, 9.17) is 16.9 Å². The van der Waals surface area contributed by atoms with Crippen LogP contribution in [0.3, 0.4) is 0 Å². The van der Waals surface area contributed by atoms with Crippen molar-refractivity contribution < 1.29 is 14.6 Å². The summed E-state index contributed by atoms with van der Waals surface area (Å²) in [6.45, 7) is 0. The molecule has 1 amide bonds. The Morgan fingerprint density at radius 3 is 2.85 bits per heavy atom. The Morgan fingerprint density at radius 1 is 1.69 bits per heavy atom. The van der Waals surface area contributed by atoms with Gasteiger partial charge in [-0.2, -0.15) is 0 Å². The van der Waals surface area contributed by atoms with Crippen LogP contribution in [0.15, 0.2) is 0 Å². The van der Waals surface area contributed by atoms with Crippen molar-refractivity contribution in [2.45, 2.75) is 37.4 Å². The number of terminal acetylenes is 1. The summed E-state index contributed by atoms with van der Waals surface area (Å²) in [5.41, 5.74) is 3.69. The predicted molar refractivity (Wildman–Crippen MR) is 46.7 cm³/mol. The van der Waals surface area contributed by atoms with Crippen molar-refractivity contribution in [3.8, 4) is 12.3 Å². The average molecular weight is 183 g/mol. The number of aliphatic hydroxyl groups excluding tert-OH is 1. The van der Waals surface area contributed by atoms with E-state index >= 15 is 0 Å². The van der Waals surface area contributed by atoms with E-state index in [0.717, 1.165) is 12.8 Å². The van der Waals surface area contributed by atoms with Gasteiger partial charge in [0.05, 0.1) is 0 Å². The van der Waals surface area contributed by atoms with Gasteiger partial charge >= 0.3 is 6.09 Å². The highest BCUT2D eigenvalue weighted by Gasteiger charge is 2.41. The first-order chi connectivity index (χ1) is 6.10. The summed E-state index contributed by atoms with van der Waals surface area (Å²) >= 11 is 0. The molecule has 0 aromatic rings. The zero-order valence-corrected chi connectivity index (χ0v) is 7.32. The second-order valence-corrected chi connectivity index (χ2v) is 3.22. The number of nitrogens with two attached hydrogens (primary N) is 1. The molecule has 0 aliphatic heterocycles. The van der Waals surface area contributed by atoms with E-state index in [2.05, 4.69) is 5.92 Å². The lowest BCUT2D eigenvalue weighted by molar-refractivity contribution is -0.0640. The Balaban J connectivity index is 2.77. The van der Waals surface area contributed by atoms with E-state index in [9.17, 15) is 9.90 Å². The Labute approximate surface area is 77.1 Å². The summed E-state index contributed by atoms with van der Waals surface area (Å²) in [6, 6.07) is 0. The molecule has 0 bridgehead atoms. The number of ether oxygens (including phenoxy) is 1. The van der Waals surface area contributed by atoms with Crippen LogP contribution < -0.4 is 5.73 Å². The molecule has 1 rings (SSSR count). The van der Waals surface area contributed by atoms with Gasteiger partial charge < -0.3 is 15.6 Å². The van der Waals surface area contributed by atoms with Crippen molar-refractivity contribution >= 4 is 6.09 Å². The minimum Gasteiger partial charge on any atom is -0.427 e. The van der Waals surface area contributed by atoms with Crippen LogP contribution in [0.1, 0.15) is 25.7 Å². The van der Waals surface area contributed by atoms with Gasteiger partial charge in [0.1, 0.15) is 6.10 Å². The molecule has 3 N–H and O–H groups in total. The second kappa shape index (κ2) is 3.67. The molecule has 72 valence electrons. The van der Waals surface area contributed by atoms with Crippen molar-refractivity contribution in [1.82, 2.24) is 0 Å². The van der Waals surface area contributed by atoms with E-state index in [0.29, 0.717) is 12.8 Å². The average Bonchev–Trinajstić information content (AvgIpc) is 2.08. The normalized spacial score (nSPS) is 33.4. The first-order valence-electron chi connectivity index (χ1n) is 4.25. The zero-order valence-electron chi connectivity index (χ0n) is 7.32. The molecule has 0 aromatic heterocycles. The van der Waals surface area contributed by atoms with Gasteiger partial charge in [-0.05, 0) is 12.8 Å². The number of hydrogen-bond acceptors (Lipinski definition) is 3. The number of carbonyl (C=O) groups is 1. The number of hydrogen-bond donors (Lipinski definition) is 2. The molecule has 1 aliphatic carbocycles. The molecule has 0 saturated heterocycles. The molecule has 2 atom stereocenters. The molecule has 1 fully saturated rings. The lowest BCUT2D eigenvalue weighted by atomic mass is 9.82. The summed E-state index contributed by atoms with van der Waals surface area (Å²) in [5.74, 6) is 2.33. The van der Waals surface area contributed by atoms with Crippen LogP contribution in [0, 0.1) is 12.3 Å². The summed E-state index contributed by atoms with van der Waals surface area (Å²) in [4.78, 5) is 10.6. The van der Waals surface area contributed by atoms with Gasteiger partial charge in [0.15, 0.2) is 5.60 Å². The van der Waals surface area contributed by atoms with Crippen molar-refractivity contribution in [3.05, 3.63) is 0 Å². The summed E-state index contributed by atoms with van der Waals surface area (Å²) < 4.78 is 4.79. The largest absolute Gasteiger partial charge is 0.427 e. The van der Waals surface area contributed by atoms with Gasteiger partial charge in [-0.3, -0.25) is 0 Å². The maximum absolute atomic E-state index is 10.6. The number of primary amides is 1. The predicted octanol–water partition coefficient (Wildman–Crippen LogP) is 0.389. The quantitative estimate of drug-likeness (QED) is 0.577. The first-order valence-corrected chi connectivity index (χ1v) is 4.25. The summed E-state index contributed by atoms with van der Waals surface area (Å²) in [5, 5.41) is 9.59. The van der Waals surface area contributed by atoms with Crippen molar-refractivity contribution in [2.24, 2.45) is 5.73 Å². The third-order valence-corrected chi connectivity index (χ3v) is 2.34. The van der Waals surface area contributed by atoms with Gasteiger partial charge in [-0.1, -0.05) is 12.3 Å². The summed E-state index contributed by atoms with van der Waals surface area (Å²) in [7, 11) is 0. The summed E-state index contributed by atoms with van der Waals surface area (Å²) in [6.07, 6.45) is 6.28. The van der Waals surface area contributed by atoms with Crippen LogP contribution in [-0.4, -0.2) is 22.9 Å². The molecule has 0 unspecified atom stereocenters.